The molecule has 0 heterocycles. The maximum absolute atomic E-state index is 4.24. The van der Waals surface area contributed by atoms with Gasteiger partial charge in [0.15, 0.2) is 5.96 Å². The summed E-state index contributed by atoms with van der Waals surface area (Å²) >= 11 is 3.44. The van der Waals surface area contributed by atoms with Gasteiger partial charge in [0.1, 0.15) is 0 Å². The van der Waals surface area contributed by atoms with Crippen molar-refractivity contribution in [2.24, 2.45) is 4.99 Å². The van der Waals surface area contributed by atoms with Gasteiger partial charge in [0.05, 0.1) is 0 Å². The molecule has 0 atom stereocenters. The second-order valence-corrected chi connectivity index (χ2v) is 5.63. The zero-order valence-corrected chi connectivity index (χ0v) is 16.5. The smallest absolute Gasteiger partial charge is 0.191 e. The minimum atomic E-state index is 0. The van der Waals surface area contributed by atoms with Gasteiger partial charge in [0.2, 0.25) is 0 Å². The first-order valence-electron chi connectivity index (χ1n) is 7.01. The van der Waals surface area contributed by atoms with E-state index in [9.17, 15) is 0 Å². The molecular formula is C17H21BrIN3. The Balaban J connectivity index is 0.00000242. The van der Waals surface area contributed by atoms with Gasteiger partial charge in [-0.3, -0.25) is 4.99 Å². The minimum absolute atomic E-state index is 0. The SMILES string of the molecule is CN=C(NCCc1ccccc1)NCc1ccc(Br)cc1.I. The first-order chi connectivity index (χ1) is 10.3. The van der Waals surface area contributed by atoms with Crippen LogP contribution in [0.4, 0.5) is 0 Å². The van der Waals surface area contributed by atoms with Crippen molar-refractivity contribution in [2.75, 3.05) is 13.6 Å². The molecule has 22 heavy (non-hydrogen) atoms. The predicted molar refractivity (Wildman–Crippen MR) is 108 cm³/mol. The maximum atomic E-state index is 4.24. The summed E-state index contributed by atoms with van der Waals surface area (Å²) in [7, 11) is 1.79. The van der Waals surface area contributed by atoms with E-state index in [2.05, 4.69) is 68.0 Å². The lowest BCUT2D eigenvalue weighted by Crippen LogP contribution is -2.37. The second kappa shape index (κ2) is 10.6. The van der Waals surface area contributed by atoms with E-state index in [0.29, 0.717) is 0 Å². The van der Waals surface area contributed by atoms with Crippen molar-refractivity contribution in [3.8, 4) is 0 Å². The molecule has 0 saturated heterocycles. The summed E-state index contributed by atoms with van der Waals surface area (Å²) in [5.74, 6) is 0.828. The Labute approximate surface area is 157 Å². The number of halogens is 2. The van der Waals surface area contributed by atoms with E-state index in [0.717, 1.165) is 29.9 Å². The highest BCUT2D eigenvalue weighted by Gasteiger charge is 1.98. The number of hydrogen-bond donors (Lipinski definition) is 2. The fourth-order valence-electron chi connectivity index (χ4n) is 1.98. The molecule has 0 radical (unpaired) electrons. The molecule has 0 fully saturated rings. The fraction of sp³-hybridized carbons (Fsp3) is 0.235. The highest BCUT2D eigenvalue weighted by molar-refractivity contribution is 14.0. The molecule has 0 aliphatic rings. The molecule has 118 valence electrons. The zero-order valence-electron chi connectivity index (χ0n) is 12.6. The van der Waals surface area contributed by atoms with Gasteiger partial charge in [-0.05, 0) is 29.7 Å². The van der Waals surface area contributed by atoms with Crippen LogP contribution in [0.1, 0.15) is 11.1 Å². The number of hydrogen-bond acceptors (Lipinski definition) is 1. The third-order valence-electron chi connectivity index (χ3n) is 3.15. The Morgan fingerprint density at radius 2 is 1.64 bits per heavy atom. The van der Waals surface area contributed by atoms with Crippen LogP contribution in [-0.2, 0) is 13.0 Å². The number of nitrogens with zero attached hydrogens (tertiary/aromatic N) is 1. The molecule has 0 aromatic heterocycles. The van der Waals surface area contributed by atoms with E-state index in [1.165, 1.54) is 11.1 Å². The number of guanidine groups is 1. The Kier molecular flexibility index (Phi) is 9.15. The van der Waals surface area contributed by atoms with E-state index in [1.807, 2.05) is 18.2 Å². The van der Waals surface area contributed by atoms with E-state index in [4.69, 9.17) is 0 Å². The molecule has 0 aliphatic carbocycles. The van der Waals surface area contributed by atoms with Crippen molar-refractivity contribution < 1.29 is 0 Å². The summed E-state index contributed by atoms with van der Waals surface area (Å²) < 4.78 is 1.09. The molecule has 0 aliphatic heterocycles. The quantitative estimate of drug-likeness (QED) is 0.391. The highest BCUT2D eigenvalue weighted by Crippen LogP contribution is 2.10. The molecule has 2 rings (SSSR count). The predicted octanol–water partition coefficient (Wildman–Crippen LogP) is 3.97. The van der Waals surface area contributed by atoms with E-state index >= 15 is 0 Å². The number of rotatable bonds is 5. The first-order valence-corrected chi connectivity index (χ1v) is 7.80. The van der Waals surface area contributed by atoms with Gasteiger partial charge in [-0.2, -0.15) is 0 Å². The number of aliphatic imine (C=N–C) groups is 1. The van der Waals surface area contributed by atoms with Crippen LogP contribution >= 0.6 is 39.9 Å². The molecule has 3 nitrogen and oxygen atoms in total. The summed E-state index contributed by atoms with van der Waals surface area (Å²) in [6.07, 6.45) is 0.986. The van der Waals surface area contributed by atoms with Crippen molar-refractivity contribution in [1.29, 1.82) is 0 Å². The average molecular weight is 474 g/mol. The molecule has 0 unspecified atom stereocenters. The van der Waals surface area contributed by atoms with Crippen LogP contribution < -0.4 is 10.6 Å². The summed E-state index contributed by atoms with van der Waals surface area (Å²) in [5, 5.41) is 6.64. The van der Waals surface area contributed by atoms with Gasteiger partial charge in [-0.1, -0.05) is 58.4 Å². The summed E-state index contributed by atoms with van der Waals surface area (Å²) in [6.45, 7) is 1.63. The van der Waals surface area contributed by atoms with Gasteiger partial charge in [-0.15, -0.1) is 24.0 Å². The summed E-state index contributed by atoms with van der Waals surface area (Å²) in [5.41, 5.74) is 2.55. The van der Waals surface area contributed by atoms with Crippen molar-refractivity contribution in [3.63, 3.8) is 0 Å². The monoisotopic (exact) mass is 473 g/mol. The van der Waals surface area contributed by atoms with Crippen LogP contribution in [0.3, 0.4) is 0 Å². The van der Waals surface area contributed by atoms with Crippen LogP contribution in [0, 0.1) is 0 Å². The minimum Gasteiger partial charge on any atom is -0.356 e. The summed E-state index contributed by atoms with van der Waals surface area (Å²) in [4.78, 5) is 4.24. The second-order valence-electron chi connectivity index (χ2n) is 4.71. The molecule has 0 bridgehead atoms. The maximum Gasteiger partial charge on any atom is 0.191 e. The lowest BCUT2D eigenvalue weighted by atomic mass is 10.1. The van der Waals surface area contributed by atoms with Gasteiger partial charge in [0, 0.05) is 24.6 Å². The third kappa shape index (κ3) is 6.79. The standard InChI is InChI=1S/C17H20BrN3.HI/c1-19-17(20-12-11-14-5-3-2-4-6-14)21-13-15-7-9-16(18)10-8-15;/h2-10H,11-13H2,1H3,(H2,19,20,21);1H. The molecule has 0 saturated carbocycles. The van der Waals surface area contributed by atoms with Gasteiger partial charge in [0.25, 0.3) is 0 Å². The lowest BCUT2D eigenvalue weighted by molar-refractivity contribution is 0.794. The van der Waals surface area contributed by atoms with Crippen molar-refractivity contribution >= 4 is 45.9 Å². The highest BCUT2D eigenvalue weighted by atomic mass is 127. The van der Waals surface area contributed by atoms with E-state index < -0.39 is 0 Å². The van der Waals surface area contributed by atoms with Crippen molar-refractivity contribution in [1.82, 2.24) is 10.6 Å². The largest absolute Gasteiger partial charge is 0.356 e. The molecule has 5 heteroatoms. The molecule has 0 amide bonds. The average Bonchev–Trinajstić information content (AvgIpc) is 2.53. The molecule has 0 spiro atoms. The zero-order chi connectivity index (χ0) is 14.9. The van der Waals surface area contributed by atoms with Crippen LogP contribution in [0.25, 0.3) is 0 Å². The van der Waals surface area contributed by atoms with Gasteiger partial charge < -0.3 is 10.6 Å². The normalized spacial score (nSPS) is 10.7. The lowest BCUT2D eigenvalue weighted by Gasteiger charge is -2.12. The molecule has 2 N–H and O–H groups in total. The Hall–Kier alpha value is -1.08. The van der Waals surface area contributed by atoms with Crippen LogP contribution in [0.15, 0.2) is 64.1 Å². The Bertz CT molecular complexity index is 570. The van der Waals surface area contributed by atoms with Gasteiger partial charge >= 0.3 is 0 Å². The number of nitrogens with one attached hydrogen (secondary N) is 2. The van der Waals surface area contributed by atoms with Crippen LogP contribution in [0.5, 0.6) is 0 Å². The third-order valence-corrected chi connectivity index (χ3v) is 3.67. The van der Waals surface area contributed by atoms with E-state index in [-0.39, 0.29) is 24.0 Å². The molecule has 2 aromatic rings. The van der Waals surface area contributed by atoms with Gasteiger partial charge in [-0.25, -0.2) is 0 Å². The van der Waals surface area contributed by atoms with Crippen molar-refractivity contribution in [3.05, 3.63) is 70.2 Å². The first kappa shape index (κ1) is 19.0. The van der Waals surface area contributed by atoms with E-state index in [1.54, 1.807) is 7.05 Å². The van der Waals surface area contributed by atoms with Crippen LogP contribution in [-0.4, -0.2) is 19.6 Å². The Morgan fingerprint density at radius 3 is 2.27 bits per heavy atom. The Morgan fingerprint density at radius 1 is 0.955 bits per heavy atom. The molecular weight excluding hydrogens is 453 g/mol. The van der Waals surface area contributed by atoms with Crippen molar-refractivity contribution in [2.45, 2.75) is 13.0 Å². The fourth-order valence-corrected chi connectivity index (χ4v) is 2.24. The topological polar surface area (TPSA) is 36.4 Å². The van der Waals surface area contributed by atoms with Crippen LogP contribution in [0.2, 0.25) is 0 Å². The molecule has 2 aromatic carbocycles. The number of benzene rings is 2. The summed E-state index contributed by atoms with van der Waals surface area (Å²) in [6, 6.07) is 18.7.